The maximum absolute atomic E-state index is 4.14. The molecule has 0 unspecified atom stereocenters. The van der Waals surface area contributed by atoms with E-state index >= 15 is 0 Å². The van der Waals surface area contributed by atoms with E-state index in [-0.39, 0.29) is 0 Å². The van der Waals surface area contributed by atoms with Crippen molar-refractivity contribution in [2.75, 3.05) is 11.4 Å². The number of benzene rings is 1. The number of nitrogens with zero attached hydrogens (tertiary/aromatic N) is 1. The highest BCUT2D eigenvalue weighted by Crippen LogP contribution is 2.18. The molecule has 0 saturated carbocycles. The van der Waals surface area contributed by atoms with Crippen LogP contribution in [0.3, 0.4) is 0 Å². The molecule has 1 rings (SSSR count). The molecule has 18 heavy (non-hydrogen) atoms. The average molecular weight is 241 g/mol. The highest BCUT2D eigenvalue weighted by Gasteiger charge is 2.04. The molecule has 0 spiro atoms. The highest BCUT2D eigenvalue weighted by molar-refractivity contribution is 5.53. The second-order valence-corrected chi connectivity index (χ2v) is 4.09. The summed E-state index contributed by atoms with van der Waals surface area (Å²) in [4.78, 5) is 2.21. The molecule has 0 aromatic heterocycles. The summed E-state index contributed by atoms with van der Waals surface area (Å²) >= 11 is 0. The third-order valence-corrected chi connectivity index (χ3v) is 2.72. The zero-order valence-corrected chi connectivity index (χ0v) is 11.5. The minimum absolute atomic E-state index is 0.929. The number of para-hydroxylation sites is 1. The Hall–Kier alpha value is -1.76. The van der Waals surface area contributed by atoms with Crippen LogP contribution in [-0.4, -0.2) is 6.54 Å². The molecule has 1 heteroatoms. The van der Waals surface area contributed by atoms with Gasteiger partial charge >= 0.3 is 0 Å². The van der Waals surface area contributed by atoms with E-state index in [1.165, 1.54) is 5.69 Å². The topological polar surface area (TPSA) is 3.24 Å². The van der Waals surface area contributed by atoms with Gasteiger partial charge in [-0.3, -0.25) is 0 Å². The molecule has 0 radical (unpaired) electrons. The fourth-order valence-corrected chi connectivity index (χ4v) is 1.79. The Morgan fingerprint density at radius 1 is 1.11 bits per heavy atom. The third-order valence-electron chi connectivity index (χ3n) is 2.72. The van der Waals surface area contributed by atoms with Crippen LogP contribution >= 0.6 is 0 Å². The Morgan fingerprint density at radius 3 is 2.44 bits per heavy atom. The van der Waals surface area contributed by atoms with Gasteiger partial charge in [-0.2, -0.15) is 0 Å². The summed E-state index contributed by atoms with van der Waals surface area (Å²) in [6.45, 7) is 9.35. The van der Waals surface area contributed by atoms with Crippen molar-refractivity contribution < 1.29 is 0 Å². The molecule has 0 saturated heterocycles. The lowest BCUT2D eigenvalue weighted by Crippen LogP contribution is -2.19. The van der Waals surface area contributed by atoms with E-state index in [1.807, 2.05) is 6.07 Å². The minimum Gasteiger partial charge on any atom is -0.342 e. The van der Waals surface area contributed by atoms with Gasteiger partial charge in [-0.15, -0.1) is 0 Å². The van der Waals surface area contributed by atoms with Crippen molar-refractivity contribution in [1.29, 1.82) is 0 Å². The smallest absolute Gasteiger partial charge is 0.0410 e. The highest BCUT2D eigenvalue weighted by atomic mass is 15.1. The van der Waals surface area contributed by atoms with Gasteiger partial charge in [-0.25, -0.2) is 0 Å². The van der Waals surface area contributed by atoms with Crippen LogP contribution in [0.15, 0.2) is 66.9 Å². The summed E-state index contributed by atoms with van der Waals surface area (Å²) in [6.07, 6.45) is 10.7. The molecule has 1 aromatic carbocycles. The molecule has 0 heterocycles. The van der Waals surface area contributed by atoms with E-state index in [2.05, 4.69) is 73.9 Å². The molecule has 0 aliphatic rings. The van der Waals surface area contributed by atoms with Gasteiger partial charge in [0.1, 0.15) is 0 Å². The maximum Gasteiger partial charge on any atom is 0.0410 e. The van der Waals surface area contributed by atoms with Crippen molar-refractivity contribution in [3.63, 3.8) is 0 Å². The first kappa shape index (κ1) is 14.3. The number of rotatable bonds is 7. The standard InChI is InChI=1S/C17H23N/c1-4-6-7-8-10-13-16(3)18(5-2)17-14-11-9-12-15-17/h6-7,9-15H,3-5,8H2,1-2H3/b7-6-,13-10-. The molecule has 1 nitrogen and oxygen atoms in total. The second kappa shape index (κ2) is 8.35. The van der Waals surface area contributed by atoms with Crippen molar-refractivity contribution in [3.05, 3.63) is 66.9 Å². The van der Waals surface area contributed by atoms with E-state index < -0.39 is 0 Å². The summed E-state index contributed by atoms with van der Waals surface area (Å²) in [7, 11) is 0. The zero-order valence-electron chi connectivity index (χ0n) is 11.5. The second-order valence-electron chi connectivity index (χ2n) is 4.09. The van der Waals surface area contributed by atoms with Gasteiger partial charge in [-0.05, 0) is 38.0 Å². The van der Waals surface area contributed by atoms with Gasteiger partial charge in [0.25, 0.3) is 0 Å². The van der Waals surface area contributed by atoms with Crippen LogP contribution in [0.4, 0.5) is 5.69 Å². The van der Waals surface area contributed by atoms with Crippen molar-refractivity contribution in [1.82, 2.24) is 0 Å². The van der Waals surface area contributed by atoms with Crippen LogP contribution in [0, 0.1) is 0 Å². The van der Waals surface area contributed by atoms with E-state index in [0.717, 1.165) is 25.1 Å². The Kier molecular flexibility index (Phi) is 6.63. The molecule has 0 amide bonds. The van der Waals surface area contributed by atoms with Crippen molar-refractivity contribution in [2.24, 2.45) is 0 Å². The predicted octanol–water partition coefficient (Wildman–Crippen LogP) is 4.94. The number of likely N-dealkylation sites (N-methyl/N-ethyl adjacent to an activating group) is 1. The molecule has 0 bridgehead atoms. The first-order chi connectivity index (χ1) is 8.79. The maximum atomic E-state index is 4.14. The van der Waals surface area contributed by atoms with Crippen LogP contribution in [-0.2, 0) is 0 Å². The van der Waals surface area contributed by atoms with Crippen LogP contribution < -0.4 is 4.90 Å². The lowest BCUT2D eigenvalue weighted by atomic mass is 10.2. The normalized spacial score (nSPS) is 11.2. The fraction of sp³-hybridized carbons (Fsp3) is 0.294. The molecule has 0 atom stereocenters. The Morgan fingerprint density at radius 2 is 1.83 bits per heavy atom. The van der Waals surface area contributed by atoms with E-state index in [0.29, 0.717) is 0 Å². The minimum atomic E-state index is 0.929. The first-order valence-corrected chi connectivity index (χ1v) is 6.62. The van der Waals surface area contributed by atoms with Crippen LogP contribution in [0.5, 0.6) is 0 Å². The summed E-state index contributed by atoms with van der Waals surface area (Å²) in [5, 5.41) is 0. The zero-order chi connectivity index (χ0) is 13.2. The monoisotopic (exact) mass is 241 g/mol. The summed E-state index contributed by atoms with van der Waals surface area (Å²) in [5.41, 5.74) is 2.23. The largest absolute Gasteiger partial charge is 0.342 e. The molecule has 0 aliphatic carbocycles. The number of allylic oxidation sites excluding steroid dienone is 4. The Labute approximate surface area is 111 Å². The Balaban J connectivity index is 2.61. The Bertz CT molecular complexity index is 401. The lowest BCUT2D eigenvalue weighted by molar-refractivity contribution is 0.981. The first-order valence-electron chi connectivity index (χ1n) is 6.62. The fourth-order valence-electron chi connectivity index (χ4n) is 1.79. The molecule has 0 aliphatic heterocycles. The molecule has 0 fully saturated rings. The molecular formula is C17H23N. The van der Waals surface area contributed by atoms with E-state index in [4.69, 9.17) is 0 Å². The third kappa shape index (κ3) is 4.62. The van der Waals surface area contributed by atoms with Gasteiger partial charge in [0.05, 0.1) is 0 Å². The summed E-state index contributed by atoms with van der Waals surface area (Å²) in [5.74, 6) is 0. The molecular weight excluding hydrogens is 218 g/mol. The summed E-state index contributed by atoms with van der Waals surface area (Å²) < 4.78 is 0. The van der Waals surface area contributed by atoms with Gasteiger partial charge in [0.15, 0.2) is 0 Å². The van der Waals surface area contributed by atoms with Gasteiger partial charge in [0.2, 0.25) is 0 Å². The van der Waals surface area contributed by atoms with Crippen molar-refractivity contribution in [3.8, 4) is 0 Å². The van der Waals surface area contributed by atoms with E-state index in [1.54, 1.807) is 0 Å². The van der Waals surface area contributed by atoms with Crippen molar-refractivity contribution >= 4 is 5.69 Å². The van der Waals surface area contributed by atoms with Crippen LogP contribution in [0.2, 0.25) is 0 Å². The van der Waals surface area contributed by atoms with Gasteiger partial charge in [-0.1, -0.05) is 49.9 Å². The molecule has 0 N–H and O–H groups in total. The predicted molar refractivity (Wildman–Crippen MR) is 81.8 cm³/mol. The summed E-state index contributed by atoms with van der Waals surface area (Å²) in [6, 6.07) is 10.4. The number of hydrogen-bond acceptors (Lipinski definition) is 1. The van der Waals surface area contributed by atoms with Crippen LogP contribution in [0.1, 0.15) is 26.7 Å². The van der Waals surface area contributed by atoms with Gasteiger partial charge in [0, 0.05) is 17.9 Å². The quantitative estimate of drug-likeness (QED) is 0.483. The SMILES string of the molecule is C=C(/C=C\C/C=C\CC)N(CC)c1ccccc1. The lowest BCUT2D eigenvalue weighted by Gasteiger charge is -2.23. The molecule has 96 valence electrons. The van der Waals surface area contributed by atoms with Crippen LogP contribution in [0.25, 0.3) is 0 Å². The van der Waals surface area contributed by atoms with Gasteiger partial charge < -0.3 is 4.90 Å². The number of anilines is 1. The van der Waals surface area contributed by atoms with Crippen molar-refractivity contribution in [2.45, 2.75) is 26.7 Å². The average Bonchev–Trinajstić information content (AvgIpc) is 2.40. The number of hydrogen-bond donors (Lipinski definition) is 0. The van der Waals surface area contributed by atoms with E-state index in [9.17, 15) is 0 Å². The molecule has 1 aromatic rings.